The second-order valence-corrected chi connectivity index (χ2v) is 4.74. The second kappa shape index (κ2) is 6.97. The Labute approximate surface area is 106 Å². The van der Waals surface area contributed by atoms with Crippen LogP contribution in [0.5, 0.6) is 0 Å². The number of rotatable bonds is 5. The maximum absolute atomic E-state index is 12.0. The normalized spacial score (nSPS) is 11.6. The van der Waals surface area contributed by atoms with E-state index in [1.807, 2.05) is 32.0 Å². The van der Waals surface area contributed by atoms with Crippen LogP contribution in [0.15, 0.2) is 29.2 Å². The van der Waals surface area contributed by atoms with Gasteiger partial charge in [0.1, 0.15) is 0 Å². The Balaban J connectivity index is 2.82. The fraction of sp³-hybridized carbons (Fsp3) is 0.385. The molecule has 90 valence electrons. The largest absolute Gasteiger partial charge is 0.350 e. The van der Waals surface area contributed by atoms with Gasteiger partial charge in [0, 0.05) is 10.9 Å². The van der Waals surface area contributed by atoms with Crippen LogP contribution in [0.2, 0.25) is 0 Å². The minimum absolute atomic E-state index is 0.0691. The van der Waals surface area contributed by atoms with Gasteiger partial charge in [-0.25, -0.2) is 0 Å². The number of hydrogen-bond donors (Lipinski definition) is 1. The molecule has 1 amide bonds. The summed E-state index contributed by atoms with van der Waals surface area (Å²) in [6.07, 6.45) is 0.902. The van der Waals surface area contributed by atoms with E-state index < -0.39 is 0 Å². The average molecular weight is 248 g/mol. The summed E-state index contributed by atoms with van der Waals surface area (Å²) < 4.78 is 0. The lowest BCUT2D eigenvalue weighted by molar-refractivity contribution is 0.0936. The summed E-state index contributed by atoms with van der Waals surface area (Å²) in [6, 6.07) is 9.60. The van der Waals surface area contributed by atoms with Crippen molar-refractivity contribution in [2.45, 2.75) is 31.2 Å². The number of hydrogen-bond acceptors (Lipinski definition) is 3. The molecule has 0 fully saturated rings. The lowest BCUT2D eigenvalue weighted by atomic mass is 10.2. The molecule has 0 unspecified atom stereocenters. The molecular weight excluding hydrogens is 232 g/mol. The second-order valence-electron chi connectivity index (χ2n) is 3.73. The van der Waals surface area contributed by atoms with Gasteiger partial charge in [0.15, 0.2) is 0 Å². The van der Waals surface area contributed by atoms with E-state index in [4.69, 9.17) is 5.26 Å². The van der Waals surface area contributed by atoms with Crippen molar-refractivity contribution in [1.82, 2.24) is 5.32 Å². The van der Waals surface area contributed by atoms with Gasteiger partial charge in [0.2, 0.25) is 0 Å². The fourth-order valence-corrected chi connectivity index (χ4v) is 2.00. The molecule has 0 aliphatic heterocycles. The minimum atomic E-state index is -0.0691. The quantitative estimate of drug-likeness (QED) is 0.815. The van der Waals surface area contributed by atoms with Gasteiger partial charge in [0.25, 0.3) is 5.91 Å². The Bertz CT molecular complexity index is 426. The summed E-state index contributed by atoms with van der Waals surface area (Å²) in [5.41, 5.74) is 0.646. The van der Waals surface area contributed by atoms with Gasteiger partial charge in [-0.15, -0.1) is 11.8 Å². The Morgan fingerprint density at radius 1 is 1.53 bits per heavy atom. The monoisotopic (exact) mass is 248 g/mol. The van der Waals surface area contributed by atoms with Crippen LogP contribution in [0, 0.1) is 11.3 Å². The van der Waals surface area contributed by atoms with Crippen LogP contribution in [0.1, 0.15) is 30.6 Å². The van der Waals surface area contributed by atoms with E-state index in [1.54, 1.807) is 6.07 Å². The van der Waals surface area contributed by atoms with Crippen LogP contribution in [0.4, 0.5) is 0 Å². The molecule has 3 nitrogen and oxygen atoms in total. The Hall–Kier alpha value is -1.47. The Morgan fingerprint density at radius 3 is 2.88 bits per heavy atom. The summed E-state index contributed by atoms with van der Waals surface area (Å²) in [5.74, 6) is 0.286. The van der Waals surface area contributed by atoms with Crippen LogP contribution in [-0.4, -0.2) is 17.7 Å². The van der Waals surface area contributed by atoms with E-state index in [0.29, 0.717) is 11.3 Å². The van der Waals surface area contributed by atoms with Gasteiger partial charge in [-0.3, -0.25) is 4.79 Å². The third kappa shape index (κ3) is 4.12. The highest BCUT2D eigenvalue weighted by atomic mass is 32.2. The SMILES string of the molecule is CC[C@H](C)NC(=O)c1ccccc1SCC#N. The van der Waals surface area contributed by atoms with Crippen molar-refractivity contribution in [1.29, 1.82) is 5.26 Å². The molecule has 0 bridgehead atoms. The zero-order valence-electron chi connectivity index (χ0n) is 10.1. The van der Waals surface area contributed by atoms with Crippen LogP contribution in [-0.2, 0) is 0 Å². The van der Waals surface area contributed by atoms with Gasteiger partial charge in [-0.1, -0.05) is 19.1 Å². The first-order valence-corrected chi connectivity index (χ1v) is 6.57. The first kappa shape index (κ1) is 13.6. The van der Waals surface area contributed by atoms with Gasteiger partial charge in [-0.2, -0.15) is 5.26 Å². The number of carbonyl (C=O) groups is 1. The van der Waals surface area contributed by atoms with E-state index >= 15 is 0 Å². The molecule has 0 saturated carbocycles. The van der Waals surface area contributed by atoms with E-state index in [1.165, 1.54) is 11.8 Å². The summed E-state index contributed by atoms with van der Waals surface area (Å²) in [6.45, 7) is 4.00. The van der Waals surface area contributed by atoms with E-state index in [2.05, 4.69) is 11.4 Å². The van der Waals surface area contributed by atoms with Crippen LogP contribution in [0.25, 0.3) is 0 Å². The molecule has 0 heterocycles. The summed E-state index contributed by atoms with van der Waals surface area (Å²) in [4.78, 5) is 12.8. The predicted octanol–water partition coefficient (Wildman–Crippen LogP) is 2.83. The topological polar surface area (TPSA) is 52.9 Å². The lowest BCUT2D eigenvalue weighted by Gasteiger charge is -2.13. The summed E-state index contributed by atoms with van der Waals surface area (Å²) in [7, 11) is 0. The smallest absolute Gasteiger partial charge is 0.252 e. The first-order valence-electron chi connectivity index (χ1n) is 5.58. The van der Waals surface area contributed by atoms with Gasteiger partial charge in [0.05, 0.1) is 17.4 Å². The lowest BCUT2D eigenvalue weighted by Crippen LogP contribution is -2.32. The maximum atomic E-state index is 12.0. The molecule has 0 aliphatic carbocycles. The number of thioether (sulfide) groups is 1. The number of nitriles is 1. The summed E-state index contributed by atoms with van der Waals surface area (Å²) in [5, 5.41) is 11.5. The number of benzene rings is 1. The van der Waals surface area contributed by atoms with Crippen molar-refractivity contribution in [3.05, 3.63) is 29.8 Å². The molecule has 1 aromatic rings. The van der Waals surface area contributed by atoms with Crippen LogP contribution in [0.3, 0.4) is 0 Å². The number of amides is 1. The standard InChI is InChI=1S/C13H16N2OS/c1-3-10(2)15-13(16)11-6-4-5-7-12(11)17-9-8-14/h4-7,10H,3,9H2,1-2H3,(H,15,16)/t10-/m0/s1. The Morgan fingerprint density at radius 2 is 2.24 bits per heavy atom. The molecule has 0 spiro atoms. The molecular formula is C13H16N2OS. The van der Waals surface area contributed by atoms with Crippen molar-refractivity contribution in [3.63, 3.8) is 0 Å². The first-order chi connectivity index (χ1) is 8.19. The molecule has 4 heteroatoms. The van der Waals surface area contributed by atoms with Crippen LogP contribution < -0.4 is 5.32 Å². The molecule has 1 aromatic carbocycles. The maximum Gasteiger partial charge on any atom is 0.252 e. The molecule has 17 heavy (non-hydrogen) atoms. The Kier molecular flexibility index (Phi) is 5.58. The molecule has 1 N–H and O–H groups in total. The molecule has 0 aromatic heterocycles. The van der Waals surface area contributed by atoms with E-state index in [-0.39, 0.29) is 11.9 Å². The van der Waals surface area contributed by atoms with Crippen molar-refractivity contribution in [2.75, 3.05) is 5.75 Å². The molecule has 1 rings (SSSR count). The fourth-order valence-electron chi connectivity index (χ4n) is 1.29. The van der Waals surface area contributed by atoms with Crippen molar-refractivity contribution < 1.29 is 4.79 Å². The third-order valence-electron chi connectivity index (χ3n) is 2.41. The highest BCUT2D eigenvalue weighted by Crippen LogP contribution is 2.22. The number of carbonyl (C=O) groups excluding carboxylic acids is 1. The predicted molar refractivity (Wildman–Crippen MR) is 70.0 cm³/mol. The minimum Gasteiger partial charge on any atom is -0.350 e. The van der Waals surface area contributed by atoms with Crippen LogP contribution >= 0.6 is 11.8 Å². The molecule has 1 atom stereocenters. The van der Waals surface area contributed by atoms with Gasteiger partial charge >= 0.3 is 0 Å². The third-order valence-corrected chi connectivity index (χ3v) is 3.35. The highest BCUT2D eigenvalue weighted by molar-refractivity contribution is 7.99. The zero-order valence-corrected chi connectivity index (χ0v) is 10.9. The molecule has 0 radical (unpaired) electrons. The van der Waals surface area contributed by atoms with Crippen molar-refractivity contribution >= 4 is 17.7 Å². The van der Waals surface area contributed by atoms with E-state index in [9.17, 15) is 4.79 Å². The van der Waals surface area contributed by atoms with E-state index in [0.717, 1.165) is 11.3 Å². The summed E-state index contributed by atoms with van der Waals surface area (Å²) >= 11 is 1.39. The highest BCUT2D eigenvalue weighted by Gasteiger charge is 2.12. The average Bonchev–Trinajstić information content (AvgIpc) is 2.36. The molecule has 0 aliphatic rings. The molecule has 0 saturated heterocycles. The van der Waals surface area contributed by atoms with Crippen molar-refractivity contribution in [2.24, 2.45) is 0 Å². The number of nitrogens with zero attached hydrogens (tertiary/aromatic N) is 1. The van der Waals surface area contributed by atoms with Crippen molar-refractivity contribution in [3.8, 4) is 6.07 Å². The number of nitrogens with one attached hydrogen (secondary N) is 1. The van der Waals surface area contributed by atoms with Gasteiger partial charge < -0.3 is 5.32 Å². The zero-order chi connectivity index (χ0) is 12.7. The van der Waals surface area contributed by atoms with Gasteiger partial charge in [-0.05, 0) is 25.5 Å².